The average molecular weight is 381 g/mol. The number of rotatable bonds is 7. The summed E-state index contributed by atoms with van der Waals surface area (Å²) in [4.78, 5) is 10.3. The first-order chi connectivity index (χ1) is 9.58. The summed E-state index contributed by atoms with van der Waals surface area (Å²) in [7, 11) is 0. The topological polar surface area (TPSA) is 40.1 Å². The SMILES string of the molecule is C=Cc1ccc(C(=O)[O-])cc1.CCC[CH2][Sn+]([CH2]C)[CH2]C. The molecule has 0 aliphatic heterocycles. The van der Waals surface area contributed by atoms with E-state index in [9.17, 15) is 9.90 Å². The van der Waals surface area contributed by atoms with Crippen molar-refractivity contribution in [2.45, 2.75) is 46.9 Å². The zero-order chi connectivity index (χ0) is 15.4. The van der Waals surface area contributed by atoms with Crippen molar-refractivity contribution in [2.24, 2.45) is 0 Å². The van der Waals surface area contributed by atoms with Gasteiger partial charge in [-0.05, 0) is 11.1 Å². The first kappa shape index (κ1) is 19.2. The van der Waals surface area contributed by atoms with Gasteiger partial charge in [-0.1, -0.05) is 36.9 Å². The number of carboxylic acid groups (broad SMARTS) is 1. The number of hydrogen-bond donors (Lipinski definition) is 0. The van der Waals surface area contributed by atoms with Crippen LogP contribution in [0.2, 0.25) is 13.3 Å². The Bertz CT molecular complexity index is 380. The van der Waals surface area contributed by atoms with Gasteiger partial charge in [-0.25, -0.2) is 0 Å². The summed E-state index contributed by atoms with van der Waals surface area (Å²) in [5, 5.41) is 10.3. The molecule has 0 unspecified atom stereocenters. The molecule has 0 aromatic heterocycles. The second-order valence-electron chi connectivity index (χ2n) is 4.67. The van der Waals surface area contributed by atoms with Gasteiger partial charge < -0.3 is 9.90 Å². The fourth-order valence-electron chi connectivity index (χ4n) is 1.79. The van der Waals surface area contributed by atoms with E-state index < -0.39 is 25.7 Å². The molecule has 2 nitrogen and oxygen atoms in total. The molecule has 0 aliphatic rings. The summed E-state index contributed by atoms with van der Waals surface area (Å²) in [6.07, 6.45) is 4.57. The number of unbranched alkanes of at least 4 members (excludes halogenated alkanes) is 1. The van der Waals surface area contributed by atoms with E-state index in [2.05, 4.69) is 27.4 Å². The van der Waals surface area contributed by atoms with Gasteiger partial charge >= 0.3 is 66.7 Å². The van der Waals surface area contributed by atoms with Gasteiger partial charge in [-0.2, -0.15) is 0 Å². The molecule has 0 heterocycles. The molecule has 0 amide bonds. The molecule has 110 valence electrons. The van der Waals surface area contributed by atoms with Gasteiger partial charge in [0.1, 0.15) is 0 Å². The van der Waals surface area contributed by atoms with Crippen molar-refractivity contribution < 1.29 is 9.90 Å². The van der Waals surface area contributed by atoms with Crippen LogP contribution in [0.3, 0.4) is 0 Å². The van der Waals surface area contributed by atoms with Crippen molar-refractivity contribution in [2.75, 3.05) is 0 Å². The van der Waals surface area contributed by atoms with Crippen molar-refractivity contribution >= 4 is 31.8 Å². The third-order valence-electron chi connectivity index (χ3n) is 3.27. The van der Waals surface area contributed by atoms with Gasteiger partial charge in [0.15, 0.2) is 0 Å². The Morgan fingerprint density at radius 2 is 1.75 bits per heavy atom. The van der Waals surface area contributed by atoms with Crippen LogP contribution >= 0.6 is 0 Å². The fourth-order valence-corrected chi connectivity index (χ4v) is 7.67. The number of aromatic carboxylic acids is 1. The first-order valence-electron chi connectivity index (χ1n) is 7.36. The van der Waals surface area contributed by atoms with Gasteiger partial charge in [-0.15, -0.1) is 0 Å². The minimum absolute atomic E-state index is 0.190. The molecule has 1 aromatic rings. The van der Waals surface area contributed by atoms with Gasteiger partial charge in [0.25, 0.3) is 0 Å². The summed E-state index contributed by atoms with van der Waals surface area (Å²) < 4.78 is 4.78. The second-order valence-corrected chi connectivity index (χ2v) is 14.4. The zero-order valence-electron chi connectivity index (χ0n) is 12.9. The maximum absolute atomic E-state index is 10.3. The second kappa shape index (κ2) is 12.0. The summed E-state index contributed by atoms with van der Waals surface area (Å²) in [5.74, 6) is -1.15. The summed E-state index contributed by atoms with van der Waals surface area (Å²) >= 11 is -0.715. The van der Waals surface area contributed by atoms with Crippen LogP contribution in [0.5, 0.6) is 0 Å². The molecule has 0 aliphatic carbocycles. The Morgan fingerprint density at radius 3 is 2.10 bits per heavy atom. The van der Waals surface area contributed by atoms with Crippen molar-refractivity contribution in [3.63, 3.8) is 0 Å². The van der Waals surface area contributed by atoms with Crippen molar-refractivity contribution in [1.82, 2.24) is 0 Å². The summed E-state index contributed by atoms with van der Waals surface area (Å²) in [5.41, 5.74) is 1.09. The van der Waals surface area contributed by atoms with Crippen molar-refractivity contribution in [1.29, 1.82) is 0 Å². The van der Waals surface area contributed by atoms with E-state index in [1.165, 1.54) is 25.0 Å². The number of carbonyl (C=O) groups excluding carboxylic acids is 1. The molecule has 20 heavy (non-hydrogen) atoms. The molecule has 0 spiro atoms. The molecule has 0 bridgehead atoms. The van der Waals surface area contributed by atoms with E-state index in [1.54, 1.807) is 31.5 Å². The molecule has 0 N–H and O–H groups in total. The van der Waals surface area contributed by atoms with E-state index >= 15 is 0 Å². The zero-order valence-corrected chi connectivity index (χ0v) is 15.8. The molecule has 0 atom stereocenters. The van der Waals surface area contributed by atoms with E-state index in [0.29, 0.717) is 0 Å². The Morgan fingerprint density at radius 1 is 1.20 bits per heavy atom. The van der Waals surface area contributed by atoms with Crippen LogP contribution in [-0.4, -0.2) is 25.7 Å². The van der Waals surface area contributed by atoms with Crippen molar-refractivity contribution in [3.8, 4) is 0 Å². The molecule has 0 radical (unpaired) electrons. The van der Waals surface area contributed by atoms with Gasteiger partial charge in [0, 0.05) is 0 Å². The average Bonchev–Trinajstić information content (AvgIpc) is 2.49. The van der Waals surface area contributed by atoms with Crippen LogP contribution in [-0.2, 0) is 0 Å². The standard InChI is InChI=1S/C9H8O2.C4H9.2C2H5.Sn/c1-2-7-3-5-8(6-4-7)9(10)11;1-3-4-2;2*1-2;/h2-6H,1H2,(H,10,11);1,3-4H2,2H3;2*1H2,2H3;/q;;;;+1/p-1. The molecule has 0 saturated carbocycles. The Labute approximate surface area is 130 Å². The molecule has 1 rings (SSSR count). The van der Waals surface area contributed by atoms with Crippen molar-refractivity contribution in [3.05, 3.63) is 42.0 Å². The van der Waals surface area contributed by atoms with E-state index in [4.69, 9.17) is 0 Å². The number of carbonyl (C=O) groups is 1. The third kappa shape index (κ3) is 8.41. The minimum atomic E-state index is -1.15. The van der Waals surface area contributed by atoms with Crippen LogP contribution in [0, 0.1) is 0 Å². The summed E-state index contributed by atoms with van der Waals surface area (Å²) in [6.45, 7) is 10.6. The summed E-state index contributed by atoms with van der Waals surface area (Å²) in [6, 6.07) is 6.34. The maximum atomic E-state index is 10.3. The molecule has 3 heteroatoms. The fraction of sp³-hybridized carbons (Fsp3) is 0.471. The molecular weight excluding hydrogens is 355 g/mol. The number of benzene rings is 1. The third-order valence-corrected chi connectivity index (χ3v) is 12.0. The van der Waals surface area contributed by atoms with E-state index in [-0.39, 0.29) is 5.56 Å². The Balaban J connectivity index is 0.000000370. The predicted molar refractivity (Wildman–Crippen MR) is 87.3 cm³/mol. The van der Waals surface area contributed by atoms with Gasteiger partial charge in [0.2, 0.25) is 0 Å². The quantitative estimate of drug-likeness (QED) is 0.670. The molecular formula is C17H26O2Sn. The number of hydrogen-bond acceptors (Lipinski definition) is 2. The molecule has 0 saturated heterocycles. The van der Waals surface area contributed by atoms with Crippen LogP contribution in [0.15, 0.2) is 30.8 Å². The van der Waals surface area contributed by atoms with Crippen LogP contribution in [0.4, 0.5) is 0 Å². The van der Waals surface area contributed by atoms with Crippen LogP contribution in [0.25, 0.3) is 6.08 Å². The van der Waals surface area contributed by atoms with Gasteiger partial charge in [-0.3, -0.25) is 0 Å². The Kier molecular flexibility index (Phi) is 11.5. The normalized spacial score (nSPS) is 9.35. The monoisotopic (exact) mass is 382 g/mol. The number of carboxylic acids is 1. The first-order valence-corrected chi connectivity index (χ1v) is 13.4. The Hall–Kier alpha value is -0.771. The predicted octanol–water partition coefficient (Wildman–Crippen LogP) is 4.01. The van der Waals surface area contributed by atoms with Crippen LogP contribution in [0.1, 0.15) is 49.5 Å². The van der Waals surface area contributed by atoms with E-state index in [1.807, 2.05) is 0 Å². The molecule has 0 fully saturated rings. The molecule has 1 aromatic carbocycles. The van der Waals surface area contributed by atoms with Gasteiger partial charge in [0.05, 0.1) is 5.97 Å². The van der Waals surface area contributed by atoms with Crippen LogP contribution < -0.4 is 5.11 Å². The van der Waals surface area contributed by atoms with E-state index in [0.717, 1.165) is 5.56 Å².